The standard InChI is InChI=1S/C20H23BrN2O4S/c1-27-19-10-7-16(21)14-18(19)22-20(24)11-6-15-4-8-17(9-5-15)28(25,26)23-12-2-3-13-23/h4-5,7-10,14H,2-3,6,11-13H2,1H3,(H,22,24). The molecule has 0 bridgehead atoms. The lowest BCUT2D eigenvalue weighted by atomic mass is 10.1. The number of carbonyl (C=O) groups is 1. The summed E-state index contributed by atoms with van der Waals surface area (Å²) in [5, 5.41) is 2.85. The fourth-order valence-corrected chi connectivity index (χ4v) is 5.03. The first-order valence-electron chi connectivity index (χ1n) is 9.12. The Bertz CT molecular complexity index is 939. The fraction of sp³-hybridized carbons (Fsp3) is 0.350. The van der Waals surface area contributed by atoms with E-state index in [-0.39, 0.29) is 12.3 Å². The molecular weight excluding hydrogens is 444 g/mol. The van der Waals surface area contributed by atoms with Crippen LogP contribution in [-0.2, 0) is 21.2 Å². The van der Waals surface area contributed by atoms with Crippen LogP contribution in [0.2, 0.25) is 0 Å². The molecule has 2 aromatic carbocycles. The molecular formula is C20H23BrN2O4S. The number of carbonyl (C=O) groups excluding carboxylic acids is 1. The molecule has 1 aliphatic rings. The summed E-state index contributed by atoms with van der Waals surface area (Å²) in [4.78, 5) is 12.6. The number of benzene rings is 2. The third kappa shape index (κ3) is 4.92. The molecule has 28 heavy (non-hydrogen) atoms. The molecule has 3 rings (SSSR count). The van der Waals surface area contributed by atoms with E-state index in [1.807, 2.05) is 6.07 Å². The highest BCUT2D eigenvalue weighted by molar-refractivity contribution is 9.10. The molecule has 1 N–H and O–H groups in total. The molecule has 1 aliphatic heterocycles. The Morgan fingerprint density at radius 2 is 1.82 bits per heavy atom. The SMILES string of the molecule is COc1ccc(Br)cc1NC(=O)CCc1ccc(S(=O)(=O)N2CCCC2)cc1. The van der Waals surface area contributed by atoms with E-state index in [0.717, 1.165) is 22.9 Å². The van der Waals surface area contributed by atoms with Gasteiger partial charge in [-0.05, 0) is 55.2 Å². The zero-order valence-corrected chi connectivity index (χ0v) is 18.1. The van der Waals surface area contributed by atoms with Crippen LogP contribution >= 0.6 is 15.9 Å². The van der Waals surface area contributed by atoms with Crippen molar-refractivity contribution in [1.29, 1.82) is 0 Å². The first-order chi connectivity index (χ1) is 13.4. The number of methoxy groups -OCH3 is 1. The molecule has 6 nitrogen and oxygen atoms in total. The van der Waals surface area contributed by atoms with Gasteiger partial charge in [-0.3, -0.25) is 4.79 Å². The van der Waals surface area contributed by atoms with Gasteiger partial charge >= 0.3 is 0 Å². The maximum atomic E-state index is 12.5. The second kappa shape index (κ2) is 9.07. The second-order valence-electron chi connectivity index (χ2n) is 6.65. The van der Waals surface area contributed by atoms with Crippen LogP contribution in [0.25, 0.3) is 0 Å². The predicted octanol–water partition coefficient (Wildman–Crippen LogP) is 3.81. The molecule has 1 heterocycles. The third-order valence-electron chi connectivity index (χ3n) is 4.70. The number of halogens is 1. The summed E-state index contributed by atoms with van der Waals surface area (Å²) in [7, 11) is -1.85. The van der Waals surface area contributed by atoms with E-state index in [0.29, 0.717) is 35.8 Å². The van der Waals surface area contributed by atoms with Crippen molar-refractivity contribution in [2.75, 3.05) is 25.5 Å². The molecule has 0 atom stereocenters. The van der Waals surface area contributed by atoms with Crippen LogP contribution < -0.4 is 10.1 Å². The highest BCUT2D eigenvalue weighted by atomic mass is 79.9. The van der Waals surface area contributed by atoms with Crippen LogP contribution in [0.4, 0.5) is 5.69 Å². The fourth-order valence-electron chi connectivity index (χ4n) is 3.15. The quantitative estimate of drug-likeness (QED) is 0.672. The molecule has 1 fully saturated rings. The number of nitrogens with one attached hydrogen (secondary N) is 1. The van der Waals surface area contributed by atoms with Gasteiger partial charge in [0.25, 0.3) is 0 Å². The van der Waals surface area contributed by atoms with Gasteiger partial charge in [-0.2, -0.15) is 4.31 Å². The number of ether oxygens (including phenoxy) is 1. The Morgan fingerprint density at radius 3 is 2.46 bits per heavy atom. The topological polar surface area (TPSA) is 75.7 Å². The average Bonchev–Trinajstić information content (AvgIpc) is 3.23. The van der Waals surface area contributed by atoms with Gasteiger partial charge in [0.15, 0.2) is 0 Å². The van der Waals surface area contributed by atoms with Crippen LogP contribution in [0.5, 0.6) is 5.75 Å². The lowest BCUT2D eigenvalue weighted by molar-refractivity contribution is -0.116. The molecule has 0 aromatic heterocycles. The van der Waals surface area contributed by atoms with Crippen molar-refractivity contribution in [3.63, 3.8) is 0 Å². The van der Waals surface area contributed by atoms with E-state index >= 15 is 0 Å². The molecule has 0 spiro atoms. The molecule has 2 aromatic rings. The Kier molecular flexibility index (Phi) is 6.74. The summed E-state index contributed by atoms with van der Waals surface area (Å²) in [6.07, 6.45) is 2.63. The summed E-state index contributed by atoms with van der Waals surface area (Å²) in [6, 6.07) is 12.2. The highest BCUT2D eigenvalue weighted by Crippen LogP contribution is 2.28. The van der Waals surface area contributed by atoms with Crippen molar-refractivity contribution in [3.05, 3.63) is 52.5 Å². The molecule has 1 saturated heterocycles. The number of rotatable bonds is 7. The van der Waals surface area contributed by atoms with Gasteiger partial charge < -0.3 is 10.1 Å². The van der Waals surface area contributed by atoms with E-state index in [1.165, 1.54) is 4.31 Å². The molecule has 0 saturated carbocycles. The molecule has 150 valence electrons. The summed E-state index contributed by atoms with van der Waals surface area (Å²) in [6.45, 7) is 1.17. The number of aryl methyl sites for hydroxylation is 1. The zero-order chi connectivity index (χ0) is 20.1. The van der Waals surface area contributed by atoms with E-state index in [2.05, 4.69) is 21.2 Å². The number of hydrogen-bond acceptors (Lipinski definition) is 4. The van der Waals surface area contributed by atoms with Crippen LogP contribution in [0.1, 0.15) is 24.8 Å². The number of sulfonamides is 1. The van der Waals surface area contributed by atoms with E-state index in [9.17, 15) is 13.2 Å². The minimum Gasteiger partial charge on any atom is -0.495 e. The van der Waals surface area contributed by atoms with Crippen LogP contribution in [0.3, 0.4) is 0 Å². The average molecular weight is 467 g/mol. The van der Waals surface area contributed by atoms with Crippen molar-refractivity contribution < 1.29 is 17.9 Å². The largest absolute Gasteiger partial charge is 0.495 e. The summed E-state index contributed by atoms with van der Waals surface area (Å²) >= 11 is 3.38. The van der Waals surface area contributed by atoms with Gasteiger partial charge in [-0.15, -0.1) is 0 Å². The van der Waals surface area contributed by atoms with Crippen molar-refractivity contribution in [2.45, 2.75) is 30.6 Å². The van der Waals surface area contributed by atoms with Gasteiger partial charge in [-0.1, -0.05) is 28.1 Å². The monoisotopic (exact) mass is 466 g/mol. The van der Waals surface area contributed by atoms with Crippen molar-refractivity contribution in [2.24, 2.45) is 0 Å². The Balaban J connectivity index is 1.59. The van der Waals surface area contributed by atoms with Gasteiger partial charge in [0, 0.05) is 24.0 Å². The van der Waals surface area contributed by atoms with E-state index in [1.54, 1.807) is 43.5 Å². The number of anilines is 1. The maximum Gasteiger partial charge on any atom is 0.243 e. The first kappa shape index (κ1) is 20.8. The Labute approximate surface area is 174 Å². The smallest absolute Gasteiger partial charge is 0.243 e. The lowest BCUT2D eigenvalue weighted by Crippen LogP contribution is -2.27. The third-order valence-corrected chi connectivity index (χ3v) is 7.11. The maximum absolute atomic E-state index is 12.5. The summed E-state index contributed by atoms with van der Waals surface area (Å²) in [5.74, 6) is 0.457. The van der Waals surface area contributed by atoms with Crippen molar-refractivity contribution in [3.8, 4) is 5.75 Å². The minimum atomic E-state index is -3.40. The van der Waals surface area contributed by atoms with Crippen LogP contribution in [0, 0.1) is 0 Å². The number of hydrogen-bond donors (Lipinski definition) is 1. The number of amides is 1. The van der Waals surface area contributed by atoms with Gasteiger partial charge in [0.05, 0.1) is 17.7 Å². The van der Waals surface area contributed by atoms with Crippen molar-refractivity contribution >= 4 is 37.5 Å². The Morgan fingerprint density at radius 1 is 1.14 bits per heavy atom. The summed E-state index contributed by atoms with van der Waals surface area (Å²) < 4.78 is 32.7. The van der Waals surface area contributed by atoms with Gasteiger partial charge in [0.1, 0.15) is 5.75 Å². The highest BCUT2D eigenvalue weighted by Gasteiger charge is 2.26. The predicted molar refractivity (Wildman–Crippen MR) is 112 cm³/mol. The lowest BCUT2D eigenvalue weighted by Gasteiger charge is -2.15. The summed E-state index contributed by atoms with van der Waals surface area (Å²) in [5.41, 5.74) is 1.52. The second-order valence-corrected chi connectivity index (χ2v) is 9.50. The van der Waals surface area contributed by atoms with E-state index < -0.39 is 10.0 Å². The normalized spacial score (nSPS) is 14.8. The molecule has 0 aliphatic carbocycles. The van der Waals surface area contributed by atoms with Crippen molar-refractivity contribution in [1.82, 2.24) is 4.31 Å². The van der Waals surface area contributed by atoms with E-state index in [4.69, 9.17) is 4.74 Å². The van der Waals surface area contributed by atoms with Crippen LogP contribution in [0.15, 0.2) is 51.8 Å². The zero-order valence-electron chi connectivity index (χ0n) is 15.7. The van der Waals surface area contributed by atoms with Crippen LogP contribution in [-0.4, -0.2) is 38.8 Å². The number of nitrogens with zero attached hydrogens (tertiary/aromatic N) is 1. The first-order valence-corrected chi connectivity index (χ1v) is 11.4. The molecule has 8 heteroatoms. The van der Waals surface area contributed by atoms with Gasteiger partial charge in [-0.25, -0.2) is 8.42 Å². The Hall–Kier alpha value is -1.90. The van der Waals surface area contributed by atoms with Gasteiger partial charge in [0.2, 0.25) is 15.9 Å². The minimum absolute atomic E-state index is 0.134. The molecule has 0 unspecified atom stereocenters. The molecule has 1 amide bonds. The molecule has 0 radical (unpaired) electrons.